The third kappa shape index (κ3) is 9.76. The quantitative estimate of drug-likeness (QED) is 0.721. The molecule has 14 heavy (non-hydrogen) atoms. The molecule has 0 amide bonds. The molecule has 0 aliphatic heterocycles. The Labute approximate surface area is 82.0 Å². The van der Waals surface area contributed by atoms with Gasteiger partial charge in [-0.2, -0.15) is 0 Å². The lowest BCUT2D eigenvalue weighted by Crippen LogP contribution is -2.30. The van der Waals surface area contributed by atoms with Crippen molar-refractivity contribution < 1.29 is 17.9 Å². The maximum absolute atomic E-state index is 11.6. The third-order valence-corrected chi connectivity index (χ3v) is 1.70. The van der Waals surface area contributed by atoms with E-state index < -0.39 is 6.36 Å². The van der Waals surface area contributed by atoms with Gasteiger partial charge in [0, 0.05) is 12.6 Å². The predicted molar refractivity (Wildman–Crippen MR) is 47.8 cm³/mol. The lowest BCUT2D eigenvalue weighted by Gasteiger charge is -2.18. The SMILES string of the molecule is CC(N)CCN(C)CCOC(F)(F)F. The van der Waals surface area contributed by atoms with Crippen LogP contribution in [0.25, 0.3) is 0 Å². The molecule has 0 aromatic heterocycles. The Morgan fingerprint density at radius 3 is 2.36 bits per heavy atom. The molecule has 0 radical (unpaired) electrons. The molecule has 6 heteroatoms. The maximum atomic E-state index is 11.6. The molecule has 0 saturated heterocycles. The maximum Gasteiger partial charge on any atom is 0.522 e. The Kier molecular flexibility index (Phi) is 6.06. The monoisotopic (exact) mass is 214 g/mol. The van der Waals surface area contributed by atoms with Crippen LogP contribution in [0.4, 0.5) is 13.2 Å². The Morgan fingerprint density at radius 1 is 1.36 bits per heavy atom. The predicted octanol–water partition coefficient (Wildman–Crippen LogP) is 1.19. The Hall–Kier alpha value is -0.330. The van der Waals surface area contributed by atoms with Gasteiger partial charge in [-0.05, 0) is 26.9 Å². The molecular weight excluding hydrogens is 197 g/mol. The number of halogens is 3. The van der Waals surface area contributed by atoms with E-state index in [1.54, 1.807) is 11.9 Å². The van der Waals surface area contributed by atoms with E-state index >= 15 is 0 Å². The van der Waals surface area contributed by atoms with E-state index in [0.717, 1.165) is 6.42 Å². The standard InChI is InChI=1S/C8H17F3N2O/c1-7(12)3-4-13(2)5-6-14-8(9,10)11/h7H,3-6,12H2,1-2H3. The molecule has 1 atom stereocenters. The molecule has 0 aliphatic carbocycles. The summed E-state index contributed by atoms with van der Waals surface area (Å²) in [5.74, 6) is 0. The van der Waals surface area contributed by atoms with Gasteiger partial charge in [0.1, 0.15) is 0 Å². The summed E-state index contributed by atoms with van der Waals surface area (Å²) < 4.78 is 38.3. The average Bonchev–Trinajstić information content (AvgIpc) is 1.98. The molecule has 0 heterocycles. The molecule has 0 fully saturated rings. The van der Waals surface area contributed by atoms with E-state index in [2.05, 4.69) is 4.74 Å². The van der Waals surface area contributed by atoms with Gasteiger partial charge in [-0.25, -0.2) is 0 Å². The molecular formula is C8H17F3N2O. The highest BCUT2D eigenvalue weighted by molar-refractivity contribution is 4.57. The fourth-order valence-electron chi connectivity index (χ4n) is 0.853. The number of rotatable bonds is 6. The molecule has 0 aliphatic rings. The van der Waals surface area contributed by atoms with Crippen LogP contribution in [-0.2, 0) is 4.74 Å². The van der Waals surface area contributed by atoms with Crippen LogP contribution in [-0.4, -0.2) is 44.0 Å². The van der Waals surface area contributed by atoms with Gasteiger partial charge in [-0.3, -0.25) is 4.74 Å². The van der Waals surface area contributed by atoms with Gasteiger partial charge >= 0.3 is 6.36 Å². The van der Waals surface area contributed by atoms with Crippen LogP contribution in [0.1, 0.15) is 13.3 Å². The topological polar surface area (TPSA) is 38.5 Å². The van der Waals surface area contributed by atoms with Gasteiger partial charge in [0.05, 0.1) is 6.61 Å². The van der Waals surface area contributed by atoms with Crippen LogP contribution >= 0.6 is 0 Å². The second-order valence-electron chi connectivity index (χ2n) is 3.36. The summed E-state index contributed by atoms with van der Waals surface area (Å²) in [6.45, 7) is 2.46. The van der Waals surface area contributed by atoms with Crippen molar-refractivity contribution in [2.24, 2.45) is 5.73 Å². The highest BCUT2D eigenvalue weighted by atomic mass is 19.4. The molecule has 3 nitrogen and oxygen atoms in total. The van der Waals surface area contributed by atoms with Gasteiger partial charge in [0.25, 0.3) is 0 Å². The molecule has 0 bridgehead atoms. The molecule has 0 rings (SSSR count). The normalized spacial score (nSPS) is 14.8. The van der Waals surface area contributed by atoms with Gasteiger partial charge in [0.2, 0.25) is 0 Å². The zero-order chi connectivity index (χ0) is 11.2. The molecule has 0 saturated carbocycles. The van der Waals surface area contributed by atoms with E-state index in [9.17, 15) is 13.2 Å². The van der Waals surface area contributed by atoms with Gasteiger partial charge < -0.3 is 10.6 Å². The number of nitrogens with zero attached hydrogens (tertiary/aromatic N) is 1. The van der Waals surface area contributed by atoms with E-state index in [1.807, 2.05) is 6.92 Å². The van der Waals surface area contributed by atoms with Crippen LogP contribution in [0.15, 0.2) is 0 Å². The van der Waals surface area contributed by atoms with Gasteiger partial charge in [0.15, 0.2) is 0 Å². The van der Waals surface area contributed by atoms with Crippen LogP contribution < -0.4 is 5.73 Å². The van der Waals surface area contributed by atoms with Crippen molar-refractivity contribution in [3.63, 3.8) is 0 Å². The van der Waals surface area contributed by atoms with Crippen molar-refractivity contribution in [2.75, 3.05) is 26.7 Å². The van der Waals surface area contributed by atoms with E-state index in [1.165, 1.54) is 0 Å². The lowest BCUT2D eigenvalue weighted by atomic mass is 10.2. The number of hydrogen-bond donors (Lipinski definition) is 1. The summed E-state index contributed by atoms with van der Waals surface area (Å²) in [6.07, 6.45) is -3.76. The first kappa shape index (κ1) is 13.7. The fraction of sp³-hybridized carbons (Fsp3) is 1.00. The highest BCUT2D eigenvalue weighted by Gasteiger charge is 2.28. The highest BCUT2D eigenvalue weighted by Crippen LogP contribution is 2.15. The van der Waals surface area contributed by atoms with Crippen molar-refractivity contribution in [3.05, 3.63) is 0 Å². The zero-order valence-corrected chi connectivity index (χ0v) is 8.47. The zero-order valence-electron chi connectivity index (χ0n) is 8.47. The Morgan fingerprint density at radius 2 is 1.93 bits per heavy atom. The summed E-state index contributed by atoms with van der Waals surface area (Å²) in [5, 5.41) is 0. The summed E-state index contributed by atoms with van der Waals surface area (Å²) in [4.78, 5) is 1.76. The minimum atomic E-state index is -4.53. The number of hydrogen-bond acceptors (Lipinski definition) is 3. The van der Waals surface area contributed by atoms with Crippen LogP contribution in [0.5, 0.6) is 0 Å². The van der Waals surface area contributed by atoms with Crippen molar-refractivity contribution in [2.45, 2.75) is 25.7 Å². The second-order valence-corrected chi connectivity index (χ2v) is 3.36. The molecule has 1 unspecified atom stereocenters. The Balaban J connectivity index is 3.40. The Bertz CT molecular complexity index is 150. The summed E-state index contributed by atoms with van der Waals surface area (Å²) >= 11 is 0. The average molecular weight is 214 g/mol. The minimum absolute atomic E-state index is 0.0704. The number of likely N-dealkylation sites (N-methyl/N-ethyl adjacent to an activating group) is 1. The minimum Gasteiger partial charge on any atom is -0.328 e. The molecule has 0 aromatic carbocycles. The smallest absolute Gasteiger partial charge is 0.328 e. The van der Waals surface area contributed by atoms with Crippen LogP contribution in [0.3, 0.4) is 0 Å². The van der Waals surface area contributed by atoms with Crippen molar-refractivity contribution in [1.29, 1.82) is 0 Å². The molecule has 0 aromatic rings. The van der Waals surface area contributed by atoms with E-state index in [-0.39, 0.29) is 19.2 Å². The van der Waals surface area contributed by atoms with Gasteiger partial charge in [-0.15, -0.1) is 13.2 Å². The summed E-state index contributed by atoms with van der Waals surface area (Å²) in [7, 11) is 1.74. The summed E-state index contributed by atoms with van der Waals surface area (Å²) in [5.41, 5.74) is 5.50. The molecule has 0 spiro atoms. The number of nitrogens with two attached hydrogens (primary N) is 1. The van der Waals surface area contributed by atoms with Gasteiger partial charge in [-0.1, -0.05) is 0 Å². The van der Waals surface area contributed by atoms with E-state index in [4.69, 9.17) is 5.73 Å². The first-order chi connectivity index (χ1) is 6.31. The fourth-order valence-corrected chi connectivity index (χ4v) is 0.853. The van der Waals surface area contributed by atoms with Crippen molar-refractivity contribution in [1.82, 2.24) is 4.90 Å². The summed E-state index contributed by atoms with van der Waals surface area (Å²) in [6, 6.07) is 0.0704. The number of ether oxygens (including phenoxy) is 1. The van der Waals surface area contributed by atoms with Crippen molar-refractivity contribution in [3.8, 4) is 0 Å². The molecule has 86 valence electrons. The second kappa shape index (κ2) is 6.21. The van der Waals surface area contributed by atoms with Crippen molar-refractivity contribution >= 4 is 0 Å². The lowest BCUT2D eigenvalue weighted by molar-refractivity contribution is -0.324. The third-order valence-electron chi connectivity index (χ3n) is 1.70. The first-order valence-corrected chi connectivity index (χ1v) is 4.46. The first-order valence-electron chi connectivity index (χ1n) is 4.46. The van der Waals surface area contributed by atoms with Crippen LogP contribution in [0.2, 0.25) is 0 Å². The largest absolute Gasteiger partial charge is 0.522 e. The number of alkyl halides is 3. The van der Waals surface area contributed by atoms with Crippen LogP contribution in [0, 0.1) is 0 Å². The molecule has 2 N–H and O–H groups in total. The van der Waals surface area contributed by atoms with E-state index in [0.29, 0.717) is 6.54 Å².